The minimum atomic E-state index is 0.0884. The summed E-state index contributed by atoms with van der Waals surface area (Å²) in [5.74, 6) is 0.219. The van der Waals surface area contributed by atoms with Crippen LogP contribution in [0.25, 0.3) is 0 Å². The molecule has 0 aliphatic rings. The van der Waals surface area contributed by atoms with E-state index in [1.165, 1.54) is 12.8 Å². The number of aliphatic imine (C=N–C) groups is 2. The number of nitrogens with one attached hydrogen (secondary N) is 2. The number of nitrogens with zero attached hydrogens (tertiary/aromatic N) is 2. The van der Waals surface area contributed by atoms with E-state index in [4.69, 9.17) is 22.5 Å². The average molecular weight is 312 g/mol. The maximum Gasteiger partial charge on any atom is 0.245 e. The van der Waals surface area contributed by atoms with Crippen LogP contribution >= 0.6 is 11.6 Å². The van der Waals surface area contributed by atoms with Gasteiger partial charge >= 0.3 is 0 Å². The van der Waals surface area contributed by atoms with Crippen molar-refractivity contribution in [3.05, 3.63) is 29.3 Å². The number of guanidine groups is 2. The van der Waals surface area contributed by atoms with Gasteiger partial charge in [0, 0.05) is 17.3 Å². The summed E-state index contributed by atoms with van der Waals surface area (Å²) in [5, 5.41) is 12.5. The normalized spacial score (nSPS) is 12.3. The third-order valence-corrected chi connectivity index (χ3v) is 2.97. The van der Waals surface area contributed by atoms with Crippen molar-refractivity contribution < 1.29 is 5.21 Å². The van der Waals surface area contributed by atoms with Crippen molar-refractivity contribution in [2.75, 3.05) is 11.9 Å². The number of rotatable bonds is 6. The molecule has 0 aliphatic carbocycles. The molecular formula is C14H22ClN5O. The minimum Gasteiger partial charge on any atom is -0.369 e. The molecule has 0 fully saturated rings. The second kappa shape index (κ2) is 10.0. The Bertz CT molecular complexity index is 473. The highest BCUT2D eigenvalue weighted by Crippen LogP contribution is 2.12. The van der Waals surface area contributed by atoms with E-state index in [0.717, 1.165) is 18.5 Å². The Morgan fingerprint density at radius 2 is 1.95 bits per heavy atom. The number of halogens is 1. The SMILES string of the molecule is CCCCCCN=C(N=C(N)Nc1ccc(Cl)cc1)NO. The van der Waals surface area contributed by atoms with Crippen LogP contribution in [0.3, 0.4) is 0 Å². The van der Waals surface area contributed by atoms with Gasteiger partial charge in [-0.05, 0) is 30.7 Å². The predicted octanol–water partition coefficient (Wildman–Crippen LogP) is 2.98. The topological polar surface area (TPSA) is 95.0 Å². The number of anilines is 1. The number of unbranched alkanes of at least 4 members (excludes halogenated alkanes) is 3. The van der Waals surface area contributed by atoms with Crippen molar-refractivity contribution in [2.24, 2.45) is 15.7 Å². The summed E-state index contributed by atoms with van der Waals surface area (Å²) in [6, 6.07) is 7.03. The van der Waals surface area contributed by atoms with Crippen molar-refractivity contribution in [1.29, 1.82) is 0 Å². The number of benzene rings is 1. The van der Waals surface area contributed by atoms with Gasteiger partial charge in [0.05, 0.1) is 0 Å². The third-order valence-electron chi connectivity index (χ3n) is 2.72. The summed E-state index contributed by atoms with van der Waals surface area (Å²) >= 11 is 5.80. The Morgan fingerprint density at radius 3 is 2.57 bits per heavy atom. The first kappa shape index (κ1) is 17.3. The first-order valence-corrected chi connectivity index (χ1v) is 7.34. The molecular weight excluding hydrogens is 290 g/mol. The smallest absolute Gasteiger partial charge is 0.245 e. The van der Waals surface area contributed by atoms with Crippen molar-refractivity contribution >= 4 is 29.2 Å². The maximum absolute atomic E-state index is 8.99. The van der Waals surface area contributed by atoms with Gasteiger partial charge in [-0.15, -0.1) is 0 Å². The van der Waals surface area contributed by atoms with Gasteiger partial charge in [0.2, 0.25) is 11.9 Å². The van der Waals surface area contributed by atoms with Crippen LogP contribution in [0.1, 0.15) is 32.6 Å². The van der Waals surface area contributed by atoms with Gasteiger partial charge in [-0.2, -0.15) is 4.99 Å². The van der Waals surface area contributed by atoms with Crippen molar-refractivity contribution in [1.82, 2.24) is 5.48 Å². The fourth-order valence-corrected chi connectivity index (χ4v) is 1.77. The second-order valence-electron chi connectivity index (χ2n) is 4.51. The van der Waals surface area contributed by atoms with Gasteiger partial charge in [-0.3, -0.25) is 5.21 Å². The Balaban J connectivity index is 2.52. The molecule has 21 heavy (non-hydrogen) atoms. The van der Waals surface area contributed by atoms with Gasteiger partial charge < -0.3 is 11.1 Å². The molecule has 0 aromatic heterocycles. The minimum absolute atomic E-state index is 0.0884. The lowest BCUT2D eigenvalue weighted by molar-refractivity contribution is 0.232. The monoisotopic (exact) mass is 311 g/mol. The molecule has 0 atom stereocenters. The number of nitrogens with two attached hydrogens (primary N) is 1. The van der Waals surface area contributed by atoms with E-state index in [0.29, 0.717) is 11.6 Å². The van der Waals surface area contributed by atoms with Gasteiger partial charge in [-0.1, -0.05) is 37.8 Å². The molecule has 0 aliphatic heterocycles. The molecule has 0 spiro atoms. The quantitative estimate of drug-likeness (QED) is 0.281. The van der Waals surface area contributed by atoms with Crippen LogP contribution in [0.5, 0.6) is 0 Å². The summed E-state index contributed by atoms with van der Waals surface area (Å²) in [6.45, 7) is 2.75. The van der Waals surface area contributed by atoms with E-state index >= 15 is 0 Å². The zero-order valence-corrected chi connectivity index (χ0v) is 12.9. The van der Waals surface area contributed by atoms with Gasteiger partial charge in [-0.25, -0.2) is 10.5 Å². The van der Waals surface area contributed by atoms with Crippen LogP contribution in [0, 0.1) is 0 Å². The standard InChI is InChI=1S/C14H22ClN5O/c1-2-3-4-5-10-17-14(20-21)19-13(16)18-12-8-6-11(15)7-9-12/h6-9,21H,2-5,10H2,1H3,(H4,16,17,18,19,20). The van der Waals surface area contributed by atoms with Crippen LogP contribution in [-0.4, -0.2) is 23.7 Å². The first-order chi connectivity index (χ1) is 10.2. The summed E-state index contributed by atoms with van der Waals surface area (Å²) in [6.07, 6.45) is 4.42. The summed E-state index contributed by atoms with van der Waals surface area (Å²) in [7, 11) is 0. The van der Waals surface area contributed by atoms with Gasteiger partial charge in [0.15, 0.2) is 0 Å². The van der Waals surface area contributed by atoms with Crippen LogP contribution in [-0.2, 0) is 0 Å². The lowest BCUT2D eigenvalue weighted by Crippen LogP contribution is -2.28. The lowest BCUT2D eigenvalue weighted by atomic mass is 10.2. The maximum atomic E-state index is 8.99. The van der Waals surface area contributed by atoms with E-state index < -0.39 is 0 Å². The largest absolute Gasteiger partial charge is 0.369 e. The first-order valence-electron chi connectivity index (χ1n) is 6.97. The van der Waals surface area contributed by atoms with E-state index in [1.54, 1.807) is 24.3 Å². The van der Waals surface area contributed by atoms with E-state index in [1.807, 2.05) is 5.48 Å². The highest BCUT2D eigenvalue weighted by molar-refractivity contribution is 6.30. The second-order valence-corrected chi connectivity index (χ2v) is 4.94. The zero-order chi connectivity index (χ0) is 15.5. The average Bonchev–Trinajstić information content (AvgIpc) is 2.48. The molecule has 7 heteroatoms. The Morgan fingerprint density at radius 1 is 1.24 bits per heavy atom. The van der Waals surface area contributed by atoms with Crippen LogP contribution in [0.2, 0.25) is 5.02 Å². The molecule has 1 aromatic rings. The lowest BCUT2D eigenvalue weighted by Gasteiger charge is -2.06. The van der Waals surface area contributed by atoms with Crippen LogP contribution < -0.4 is 16.5 Å². The molecule has 0 saturated carbocycles. The summed E-state index contributed by atoms with van der Waals surface area (Å²) < 4.78 is 0. The Labute approximate surface area is 130 Å². The molecule has 116 valence electrons. The summed E-state index contributed by atoms with van der Waals surface area (Å²) in [5.41, 5.74) is 8.44. The molecule has 1 rings (SSSR count). The van der Waals surface area contributed by atoms with Crippen LogP contribution in [0.15, 0.2) is 34.3 Å². The number of hydrogen-bond donors (Lipinski definition) is 4. The van der Waals surface area contributed by atoms with Gasteiger partial charge in [0.1, 0.15) is 0 Å². The number of hydrogen-bond acceptors (Lipinski definition) is 2. The molecule has 1 aromatic carbocycles. The molecule has 0 bridgehead atoms. The summed E-state index contributed by atoms with van der Waals surface area (Å²) in [4.78, 5) is 8.11. The zero-order valence-electron chi connectivity index (χ0n) is 12.1. The van der Waals surface area contributed by atoms with E-state index in [-0.39, 0.29) is 11.9 Å². The molecule has 6 nitrogen and oxygen atoms in total. The van der Waals surface area contributed by atoms with E-state index in [2.05, 4.69) is 22.2 Å². The highest BCUT2D eigenvalue weighted by Gasteiger charge is 1.99. The molecule has 0 unspecified atom stereocenters. The van der Waals surface area contributed by atoms with E-state index in [9.17, 15) is 0 Å². The fourth-order valence-electron chi connectivity index (χ4n) is 1.64. The van der Waals surface area contributed by atoms with Gasteiger partial charge in [0.25, 0.3) is 0 Å². The molecule has 0 amide bonds. The van der Waals surface area contributed by atoms with Crippen molar-refractivity contribution in [3.8, 4) is 0 Å². The van der Waals surface area contributed by atoms with Crippen molar-refractivity contribution in [2.45, 2.75) is 32.6 Å². The molecule has 5 N–H and O–H groups in total. The third kappa shape index (κ3) is 7.53. The molecule has 0 heterocycles. The van der Waals surface area contributed by atoms with Crippen molar-refractivity contribution in [3.63, 3.8) is 0 Å². The van der Waals surface area contributed by atoms with Crippen LogP contribution in [0.4, 0.5) is 5.69 Å². The fraction of sp³-hybridized carbons (Fsp3) is 0.429. The Hall–Kier alpha value is -1.79. The molecule has 0 saturated heterocycles. The molecule has 0 radical (unpaired) electrons. The Kier molecular flexibility index (Phi) is 8.23. The predicted molar refractivity (Wildman–Crippen MR) is 88.1 cm³/mol. The number of hydroxylamine groups is 1. The highest BCUT2D eigenvalue weighted by atomic mass is 35.5.